The number of ether oxygens (including phenoxy) is 2. The standard InChI is InChI=1S/C10H10O3/c1-6-5-9(10(11)13-6)8-3-4-12-7(8)2/h3-5,8-9H,2H2,1H3. The number of esters is 1. The van der Waals surface area contributed by atoms with Crippen molar-refractivity contribution in [1.82, 2.24) is 0 Å². The molecule has 0 fully saturated rings. The second-order valence-electron chi connectivity index (χ2n) is 3.16. The highest BCUT2D eigenvalue weighted by atomic mass is 16.5. The van der Waals surface area contributed by atoms with Crippen LogP contribution in [0.25, 0.3) is 0 Å². The predicted octanol–water partition coefficient (Wildman–Crippen LogP) is 1.74. The SMILES string of the molecule is C=C1OC=CC1C1C=C(C)OC1=O. The molecule has 2 unspecified atom stereocenters. The van der Waals surface area contributed by atoms with Gasteiger partial charge in [0.25, 0.3) is 0 Å². The van der Waals surface area contributed by atoms with Crippen LogP contribution in [0.15, 0.2) is 36.5 Å². The zero-order valence-electron chi connectivity index (χ0n) is 7.32. The highest BCUT2D eigenvalue weighted by Crippen LogP contribution is 2.33. The molecule has 3 nitrogen and oxygen atoms in total. The molecule has 2 atom stereocenters. The van der Waals surface area contributed by atoms with Crippen LogP contribution in [0, 0.1) is 11.8 Å². The largest absolute Gasteiger partial charge is 0.470 e. The predicted molar refractivity (Wildman–Crippen MR) is 46.2 cm³/mol. The van der Waals surface area contributed by atoms with E-state index in [4.69, 9.17) is 9.47 Å². The van der Waals surface area contributed by atoms with Gasteiger partial charge in [-0.25, -0.2) is 0 Å². The summed E-state index contributed by atoms with van der Waals surface area (Å²) in [6.07, 6.45) is 5.18. The van der Waals surface area contributed by atoms with Gasteiger partial charge in [-0.15, -0.1) is 0 Å². The Bertz CT molecular complexity index is 325. The van der Waals surface area contributed by atoms with Gasteiger partial charge in [0.15, 0.2) is 0 Å². The first-order valence-electron chi connectivity index (χ1n) is 4.11. The van der Waals surface area contributed by atoms with Gasteiger partial charge in [0, 0.05) is 0 Å². The van der Waals surface area contributed by atoms with Crippen LogP contribution in [0.3, 0.4) is 0 Å². The highest BCUT2D eigenvalue weighted by Gasteiger charge is 2.35. The fraction of sp³-hybridized carbons (Fsp3) is 0.300. The molecular weight excluding hydrogens is 168 g/mol. The van der Waals surface area contributed by atoms with Crippen LogP contribution in [0.2, 0.25) is 0 Å². The van der Waals surface area contributed by atoms with Crippen molar-refractivity contribution in [2.75, 3.05) is 0 Å². The summed E-state index contributed by atoms with van der Waals surface area (Å²) in [6, 6.07) is 0. The van der Waals surface area contributed by atoms with Gasteiger partial charge < -0.3 is 9.47 Å². The summed E-state index contributed by atoms with van der Waals surface area (Å²) in [5.41, 5.74) is 0. The van der Waals surface area contributed by atoms with Crippen molar-refractivity contribution in [3.63, 3.8) is 0 Å². The number of carbonyl (C=O) groups is 1. The molecule has 2 aliphatic rings. The van der Waals surface area contributed by atoms with E-state index in [2.05, 4.69) is 6.58 Å². The van der Waals surface area contributed by atoms with E-state index in [1.54, 1.807) is 19.3 Å². The Morgan fingerprint density at radius 1 is 1.46 bits per heavy atom. The van der Waals surface area contributed by atoms with Crippen molar-refractivity contribution >= 4 is 5.97 Å². The first-order chi connectivity index (χ1) is 6.18. The number of carbonyl (C=O) groups excluding carboxylic acids is 1. The van der Waals surface area contributed by atoms with E-state index in [9.17, 15) is 4.79 Å². The molecule has 0 aromatic carbocycles. The van der Waals surface area contributed by atoms with Gasteiger partial charge in [-0.2, -0.15) is 0 Å². The minimum Gasteiger partial charge on any atom is -0.470 e. The summed E-state index contributed by atoms with van der Waals surface area (Å²) >= 11 is 0. The molecule has 2 aliphatic heterocycles. The van der Waals surface area contributed by atoms with Crippen LogP contribution in [-0.2, 0) is 14.3 Å². The van der Waals surface area contributed by atoms with Gasteiger partial charge in [-0.1, -0.05) is 6.58 Å². The molecule has 0 saturated heterocycles. The normalized spacial score (nSPS) is 31.6. The third-order valence-electron chi connectivity index (χ3n) is 2.21. The fourth-order valence-electron chi connectivity index (χ4n) is 1.55. The van der Waals surface area contributed by atoms with E-state index in [0.29, 0.717) is 11.5 Å². The summed E-state index contributed by atoms with van der Waals surface area (Å²) in [5, 5.41) is 0. The molecule has 3 heteroatoms. The Morgan fingerprint density at radius 2 is 2.23 bits per heavy atom. The Hall–Kier alpha value is -1.51. The molecule has 0 aliphatic carbocycles. The Morgan fingerprint density at radius 3 is 2.69 bits per heavy atom. The van der Waals surface area contributed by atoms with Gasteiger partial charge in [0.1, 0.15) is 11.5 Å². The zero-order chi connectivity index (χ0) is 9.42. The van der Waals surface area contributed by atoms with Gasteiger partial charge in [0.05, 0.1) is 18.1 Å². The summed E-state index contributed by atoms with van der Waals surface area (Å²) in [4.78, 5) is 11.3. The van der Waals surface area contributed by atoms with E-state index in [0.717, 1.165) is 0 Å². The third-order valence-corrected chi connectivity index (χ3v) is 2.21. The summed E-state index contributed by atoms with van der Waals surface area (Å²) < 4.78 is 9.98. The molecule has 0 amide bonds. The van der Waals surface area contributed by atoms with Crippen molar-refractivity contribution in [2.45, 2.75) is 6.92 Å². The van der Waals surface area contributed by atoms with E-state index in [1.807, 2.05) is 6.08 Å². The first kappa shape index (κ1) is 8.10. The fourth-order valence-corrected chi connectivity index (χ4v) is 1.55. The van der Waals surface area contributed by atoms with Crippen molar-refractivity contribution in [1.29, 1.82) is 0 Å². The Kier molecular flexibility index (Phi) is 1.72. The zero-order valence-corrected chi connectivity index (χ0v) is 7.32. The van der Waals surface area contributed by atoms with E-state index in [1.165, 1.54) is 0 Å². The highest BCUT2D eigenvalue weighted by molar-refractivity contribution is 5.79. The second kappa shape index (κ2) is 2.76. The molecule has 2 heterocycles. The second-order valence-corrected chi connectivity index (χ2v) is 3.16. The molecule has 0 aromatic heterocycles. The van der Waals surface area contributed by atoms with Crippen molar-refractivity contribution in [3.8, 4) is 0 Å². The van der Waals surface area contributed by atoms with E-state index < -0.39 is 0 Å². The van der Waals surface area contributed by atoms with Crippen LogP contribution in [-0.4, -0.2) is 5.97 Å². The van der Waals surface area contributed by atoms with Crippen LogP contribution in [0.1, 0.15) is 6.92 Å². The molecule has 0 saturated carbocycles. The lowest BCUT2D eigenvalue weighted by Crippen LogP contribution is -2.17. The third kappa shape index (κ3) is 1.26. The average molecular weight is 178 g/mol. The minimum atomic E-state index is -0.258. The van der Waals surface area contributed by atoms with Crippen LogP contribution in [0.4, 0.5) is 0 Å². The molecule has 0 spiro atoms. The number of allylic oxidation sites excluding steroid dienone is 2. The maximum Gasteiger partial charge on any atom is 0.319 e. The molecule has 68 valence electrons. The van der Waals surface area contributed by atoms with E-state index in [-0.39, 0.29) is 17.8 Å². The lowest BCUT2D eigenvalue weighted by atomic mass is 9.92. The van der Waals surface area contributed by atoms with Crippen molar-refractivity contribution in [2.24, 2.45) is 11.8 Å². The van der Waals surface area contributed by atoms with Crippen LogP contribution >= 0.6 is 0 Å². The van der Waals surface area contributed by atoms with Gasteiger partial charge in [-0.05, 0) is 19.1 Å². The number of rotatable bonds is 1. The van der Waals surface area contributed by atoms with Crippen molar-refractivity contribution in [3.05, 3.63) is 36.5 Å². The number of hydrogen-bond acceptors (Lipinski definition) is 3. The van der Waals surface area contributed by atoms with Crippen LogP contribution < -0.4 is 0 Å². The number of cyclic esters (lactones) is 1. The molecule has 0 aromatic rings. The molecule has 0 bridgehead atoms. The lowest BCUT2D eigenvalue weighted by molar-refractivity contribution is -0.140. The molecule has 13 heavy (non-hydrogen) atoms. The molecular formula is C10H10O3. The topological polar surface area (TPSA) is 35.5 Å². The van der Waals surface area contributed by atoms with E-state index >= 15 is 0 Å². The van der Waals surface area contributed by atoms with Gasteiger partial charge >= 0.3 is 5.97 Å². The maximum absolute atomic E-state index is 11.3. The maximum atomic E-state index is 11.3. The van der Waals surface area contributed by atoms with Crippen LogP contribution in [0.5, 0.6) is 0 Å². The number of hydrogen-bond donors (Lipinski definition) is 0. The van der Waals surface area contributed by atoms with Gasteiger partial charge in [0.2, 0.25) is 0 Å². The molecule has 2 rings (SSSR count). The summed E-state index contributed by atoms with van der Waals surface area (Å²) in [5.74, 6) is 0.714. The van der Waals surface area contributed by atoms with Gasteiger partial charge in [-0.3, -0.25) is 4.79 Å². The lowest BCUT2D eigenvalue weighted by Gasteiger charge is -2.11. The molecule has 0 radical (unpaired) electrons. The smallest absolute Gasteiger partial charge is 0.319 e. The first-order valence-corrected chi connectivity index (χ1v) is 4.11. The summed E-state index contributed by atoms with van der Waals surface area (Å²) in [6.45, 7) is 5.48. The quantitative estimate of drug-likeness (QED) is 0.574. The average Bonchev–Trinajstić information content (AvgIpc) is 2.58. The minimum absolute atomic E-state index is 0.0649. The Labute approximate surface area is 76.3 Å². The Balaban J connectivity index is 2.21. The summed E-state index contributed by atoms with van der Waals surface area (Å²) in [7, 11) is 0. The molecule has 0 N–H and O–H groups in total. The monoisotopic (exact) mass is 178 g/mol. The van der Waals surface area contributed by atoms with Crippen molar-refractivity contribution < 1.29 is 14.3 Å².